The Morgan fingerprint density at radius 1 is 1.44 bits per heavy atom. The van der Waals surface area contributed by atoms with Gasteiger partial charge in [-0.05, 0) is 0 Å². The maximum absolute atomic E-state index is 9.62. The highest BCUT2D eigenvalue weighted by molar-refractivity contribution is 5.56. The van der Waals surface area contributed by atoms with Crippen molar-refractivity contribution < 1.29 is 24.5 Å². The van der Waals surface area contributed by atoms with Crippen molar-refractivity contribution in [3.63, 3.8) is 0 Å². The predicted octanol–water partition coefficient (Wildman–Crippen LogP) is -0.353. The minimum absolute atomic E-state index is 0.0457. The van der Waals surface area contributed by atoms with Gasteiger partial charge in [-0.2, -0.15) is 0 Å². The standard InChI is InChI=1S/C4H8O5/c5-3-8-1-2-9-4(6)7/h5H,1-3H2,(H,6,7). The van der Waals surface area contributed by atoms with Crippen molar-refractivity contribution >= 4 is 6.16 Å². The molecular weight excluding hydrogens is 128 g/mol. The fourth-order valence-electron chi connectivity index (χ4n) is 0.252. The number of aliphatic hydroxyl groups is 1. The van der Waals surface area contributed by atoms with Gasteiger partial charge >= 0.3 is 6.16 Å². The molecule has 0 aromatic carbocycles. The highest BCUT2D eigenvalue weighted by Crippen LogP contribution is 1.76. The molecule has 0 amide bonds. The third kappa shape index (κ3) is 7.19. The van der Waals surface area contributed by atoms with Crippen molar-refractivity contribution in [2.24, 2.45) is 0 Å². The van der Waals surface area contributed by atoms with Crippen molar-refractivity contribution in [2.45, 2.75) is 0 Å². The van der Waals surface area contributed by atoms with E-state index in [0.717, 1.165) is 0 Å². The van der Waals surface area contributed by atoms with E-state index in [2.05, 4.69) is 9.47 Å². The van der Waals surface area contributed by atoms with Gasteiger partial charge in [0.25, 0.3) is 0 Å². The first-order valence-corrected chi connectivity index (χ1v) is 2.31. The van der Waals surface area contributed by atoms with E-state index in [1.165, 1.54) is 0 Å². The molecule has 0 fully saturated rings. The summed E-state index contributed by atoms with van der Waals surface area (Å²) in [6, 6.07) is 0. The Morgan fingerprint density at radius 3 is 2.56 bits per heavy atom. The summed E-state index contributed by atoms with van der Waals surface area (Å²) >= 11 is 0. The van der Waals surface area contributed by atoms with Gasteiger partial charge in [0.05, 0.1) is 6.61 Å². The second kappa shape index (κ2) is 5.33. The molecule has 0 aliphatic carbocycles. The largest absolute Gasteiger partial charge is 0.505 e. The van der Waals surface area contributed by atoms with Crippen molar-refractivity contribution in [1.82, 2.24) is 0 Å². The van der Waals surface area contributed by atoms with Crippen LogP contribution in [0.3, 0.4) is 0 Å². The monoisotopic (exact) mass is 136 g/mol. The van der Waals surface area contributed by atoms with Gasteiger partial charge in [-0.1, -0.05) is 0 Å². The second-order valence-electron chi connectivity index (χ2n) is 1.15. The SMILES string of the molecule is O=C(O)OCCOCO. The summed E-state index contributed by atoms with van der Waals surface area (Å²) in [4.78, 5) is 9.62. The second-order valence-corrected chi connectivity index (χ2v) is 1.15. The molecule has 0 saturated carbocycles. The molecule has 0 unspecified atom stereocenters. The zero-order valence-electron chi connectivity index (χ0n) is 4.74. The molecule has 5 nitrogen and oxygen atoms in total. The van der Waals surface area contributed by atoms with E-state index in [-0.39, 0.29) is 13.2 Å². The number of aliphatic hydroxyl groups excluding tert-OH is 1. The Bertz CT molecular complexity index is 81.0. The Kier molecular flexibility index (Phi) is 4.85. The predicted molar refractivity (Wildman–Crippen MR) is 27.0 cm³/mol. The lowest BCUT2D eigenvalue weighted by atomic mass is 10.8. The molecule has 0 heterocycles. The summed E-state index contributed by atoms with van der Waals surface area (Å²) in [5.74, 6) is 0. The third-order valence-corrected chi connectivity index (χ3v) is 0.544. The van der Waals surface area contributed by atoms with E-state index >= 15 is 0 Å². The highest BCUT2D eigenvalue weighted by atomic mass is 16.7. The average molecular weight is 136 g/mol. The summed E-state index contributed by atoms with van der Waals surface area (Å²) in [5.41, 5.74) is 0. The average Bonchev–Trinajstić information content (AvgIpc) is 1.80. The van der Waals surface area contributed by atoms with Gasteiger partial charge in [-0.15, -0.1) is 0 Å². The van der Waals surface area contributed by atoms with Crippen molar-refractivity contribution in [3.05, 3.63) is 0 Å². The van der Waals surface area contributed by atoms with Crippen LogP contribution in [0.2, 0.25) is 0 Å². The molecule has 0 aliphatic heterocycles. The van der Waals surface area contributed by atoms with E-state index in [4.69, 9.17) is 10.2 Å². The molecule has 2 N–H and O–H groups in total. The first-order chi connectivity index (χ1) is 4.27. The summed E-state index contributed by atoms with van der Waals surface area (Å²) in [5, 5.41) is 15.9. The Labute approximate surface area is 51.8 Å². The third-order valence-electron chi connectivity index (χ3n) is 0.544. The first kappa shape index (κ1) is 8.19. The molecule has 0 aromatic rings. The van der Waals surface area contributed by atoms with E-state index in [0.29, 0.717) is 0 Å². The number of carbonyl (C=O) groups is 1. The summed E-state index contributed by atoms with van der Waals surface area (Å²) in [6.07, 6.45) is -1.34. The molecule has 9 heavy (non-hydrogen) atoms. The lowest BCUT2D eigenvalue weighted by Gasteiger charge is -1.98. The minimum atomic E-state index is -1.34. The summed E-state index contributed by atoms with van der Waals surface area (Å²) < 4.78 is 8.38. The van der Waals surface area contributed by atoms with Crippen LogP contribution in [0.25, 0.3) is 0 Å². The number of hydrogen-bond donors (Lipinski definition) is 2. The van der Waals surface area contributed by atoms with Gasteiger partial charge in [0.15, 0.2) is 0 Å². The molecule has 54 valence electrons. The van der Waals surface area contributed by atoms with Crippen molar-refractivity contribution in [3.8, 4) is 0 Å². The quantitative estimate of drug-likeness (QED) is 0.314. The molecule has 5 heteroatoms. The van der Waals surface area contributed by atoms with Gasteiger partial charge in [0, 0.05) is 0 Å². The fraction of sp³-hybridized carbons (Fsp3) is 0.750. The maximum Gasteiger partial charge on any atom is 0.505 e. The van der Waals surface area contributed by atoms with E-state index in [1.54, 1.807) is 0 Å². The Balaban J connectivity index is 2.83. The van der Waals surface area contributed by atoms with Crippen LogP contribution >= 0.6 is 0 Å². The van der Waals surface area contributed by atoms with Crippen LogP contribution in [0.5, 0.6) is 0 Å². The smallest absolute Gasteiger partial charge is 0.450 e. The van der Waals surface area contributed by atoms with Crippen molar-refractivity contribution in [1.29, 1.82) is 0 Å². The van der Waals surface area contributed by atoms with Crippen LogP contribution in [-0.4, -0.2) is 36.4 Å². The van der Waals surface area contributed by atoms with Gasteiger partial charge in [-0.25, -0.2) is 4.79 Å². The van der Waals surface area contributed by atoms with Gasteiger partial charge in [-0.3, -0.25) is 0 Å². The van der Waals surface area contributed by atoms with Crippen LogP contribution in [-0.2, 0) is 9.47 Å². The van der Waals surface area contributed by atoms with E-state index < -0.39 is 12.9 Å². The highest BCUT2D eigenvalue weighted by Gasteiger charge is 1.93. The molecule has 0 aliphatic rings. The van der Waals surface area contributed by atoms with Crippen LogP contribution in [0, 0.1) is 0 Å². The number of hydrogen-bond acceptors (Lipinski definition) is 4. The topological polar surface area (TPSA) is 76.0 Å². The molecule has 0 bridgehead atoms. The Morgan fingerprint density at radius 2 is 2.11 bits per heavy atom. The normalized spacial score (nSPS) is 9.00. The number of ether oxygens (including phenoxy) is 2. The molecule has 0 radical (unpaired) electrons. The van der Waals surface area contributed by atoms with E-state index in [9.17, 15) is 4.79 Å². The molecule has 0 spiro atoms. The molecule has 0 atom stereocenters. The van der Waals surface area contributed by atoms with Crippen LogP contribution in [0.1, 0.15) is 0 Å². The minimum Gasteiger partial charge on any atom is -0.450 e. The molecule has 0 rings (SSSR count). The molecule has 0 aromatic heterocycles. The zero-order valence-corrected chi connectivity index (χ0v) is 4.74. The summed E-state index contributed by atoms with van der Waals surface area (Å²) in [7, 11) is 0. The first-order valence-electron chi connectivity index (χ1n) is 2.31. The molecule has 0 saturated heterocycles. The summed E-state index contributed by atoms with van der Waals surface area (Å²) in [6.45, 7) is -0.373. The van der Waals surface area contributed by atoms with Crippen molar-refractivity contribution in [2.75, 3.05) is 20.0 Å². The zero-order chi connectivity index (χ0) is 7.11. The lowest BCUT2D eigenvalue weighted by Crippen LogP contribution is -2.08. The van der Waals surface area contributed by atoms with Crippen LogP contribution < -0.4 is 0 Å². The molecular formula is C4H8O5. The van der Waals surface area contributed by atoms with Gasteiger partial charge in [0.2, 0.25) is 0 Å². The lowest BCUT2D eigenvalue weighted by molar-refractivity contribution is -0.0238. The fourth-order valence-corrected chi connectivity index (χ4v) is 0.252. The van der Waals surface area contributed by atoms with Crippen LogP contribution in [0.15, 0.2) is 0 Å². The Hall–Kier alpha value is -0.810. The number of rotatable bonds is 4. The maximum atomic E-state index is 9.62. The number of carboxylic acid groups (broad SMARTS) is 1. The van der Waals surface area contributed by atoms with Crippen LogP contribution in [0.4, 0.5) is 4.79 Å². The van der Waals surface area contributed by atoms with Gasteiger partial charge in [0.1, 0.15) is 13.4 Å². The van der Waals surface area contributed by atoms with E-state index in [1.807, 2.05) is 0 Å². The van der Waals surface area contributed by atoms with Gasteiger partial charge < -0.3 is 19.7 Å².